The number of nitrogens with one attached hydrogen (secondary N) is 3. The highest BCUT2D eigenvalue weighted by molar-refractivity contribution is 5.75. The summed E-state index contributed by atoms with van der Waals surface area (Å²) in [5.74, 6) is 4.58. The number of hydrogen-bond donors (Lipinski definition) is 3. The molecule has 0 aromatic carbocycles. The summed E-state index contributed by atoms with van der Waals surface area (Å²) in [4.78, 5) is 16.0. The molecule has 7 rings (SSSR count). The Labute approximate surface area is 279 Å². The lowest BCUT2D eigenvalue weighted by atomic mass is 9.44. The van der Waals surface area contributed by atoms with Crippen LogP contribution in [0.5, 0.6) is 0 Å². The van der Waals surface area contributed by atoms with Crippen molar-refractivity contribution in [3.8, 4) is 0 Å². The third-order valence-electron chi connectivity index (χ3n) is 15.4. The second kappa shape index (κ2) is 12.8. The maximum Gasteiger partial charge on any atom is 0.317 e. The Morgan fingerprint density at radius 1 is 0.935 bits per heavy atom. The van der Waals surface area contributed by atoms with Gasteiger partial charge >= 0.3 is 6.03 Å². The summed E-state index contributed by atoms with van der Waals surface area (Å²) < 4.78 is 13.6. The Bertz CT molecular complexity index is 1110. The lowest BCUT2D eigenvalue weighted by Gasteiger charge is -2.61. The van der Waals surface area contributed by atoms with Gasteiger partial charge in [-0.3, -0.25) is 5.41 Å². The molecule has 0 radical (unpaired) electrons. The van der Waals surface area contributed by atoms with Crippen molar-refractivity contribution in [1.29, 1.82) is 5.41 Å². The number of ether oxygens (including phenoxy) is 2. The lowest BCUT2D eigenvalue weighted by Crippen LogP contribution is -2.57. The van der Waals surface area contributed by atoms with Crippen LogP contribution in [-0.2, 0) is 9.47 Å². The highest BCUT2D eigenvalue weighted by Gasteiger charge is 2.69. The molecule has 1 spiro atoms. The molecule has 0 aromatic rings. The van der Waals surface area contributed by atoms with E-state index >= 15 is 0 Å². The minimum atomic E-state index is -0.320. The average molecular weight is 640 g/mol. The maximum absolute atomic E-state index is 13.8. The highest BCUT2D eigenvalue weighted by Crippen LogP contribution is 2.71. The molecule has 2 aliphatic heterocycles. The van der Waals surface area contributed by atoms with Crippen LogP contribution in [0.4, 0.5) is 4.79 Å². The predicted octanol–water partition coefficient (Wildman–Crippen LogP) is 7.19. The van der Waals surface area contributed by atoms with Crippen molar-refractivity contribution in [2.75, 3.05) is 26.7 Å². The molecule has 2 heterocycles. The SMILES string of the molecule is C[C@H]1CC[C@@]2(OC1)O[C@H]1C[C@H]3[C@@H]4CC[C@@H]5C[C@H](NC(=O)N(CCNN(C)C=N)C6CCCCC6)CC[C@]5(C)[C@H]4CC[C@]3(C)[C@H]1[C@@H]2C. The number of fused-ring (bicyclic) bond motifs is 7. The monoisotopic (exact) mass is 640 g/mol. The number of hydrazine groups is 1. The quantitative estimate of drug-likeness (QED) is 0.156. The highest BCUT2D eigenvalue weighted by atomic mass is 16.7. The molecule has 260 valence electrons. The zero-order valence-corrected chi connectivity index (χ0v) is 29.7. The molecule has 12 atom stereocenters. The second-order valence-corrected chi connectivity index (χ2v) is 17.7. The first-order valence-corrected chi connectivity index (χ1v) is 19.4. The summed E-state index contributed by atoms with van der Waals surface area (Å²) in [5, 5.41) is 12.7. The first-order chi connectivity index (χ1) is 22.1. The van der Waals surface area contributed by atoms with Crippen molar-refractivity contribution < 1.29 is 14.3 Å². The number of hydrogen-bond acceptors (Lipinski definition) is 5. The van der Waals surface area contributed by atoms with E-state index in [2.05, 4.69) is 43.3 Å². The number of amides is 2. The van der Waals surface area contributed by atoms with Gasteiger partial charge in [0.15, 0.2) is 5.79 Å². The Morgan fingerprint density at radius 2 is 1.72 bits per heavy atom. The van der Waals surface area contributed by atoms with Crippen LogP contribution in [0.25, 0.3) is 0 Å². The fourth-order valence-electron chi connectivity index (χ4n) is 12.9. The molecule has 8 heteroatoms. The van der Waals surface area contributed by atoms with E-state index in [0.29, 0.717) is 59.7 Å². The van der Waals surface area contributed by atoms with Crippen LogP contribution >= 0.6 is 0 Å². The summed E-state index contributed by atoms with van der Waals surface area (Å²) in [6, 6.07) is 0.763. The molecule has 3 N–H and O–H groups in total. The van der Waals surface area contributed by atoms with Crippen molar-refractivity contribution in [3.63, 3.8) is 0 Å². The van der Waals surface area contributed by atoms with Gasteiger partial charge in [0.1, 0.15) is 0 Å². The number of carbonyl (C=O) groups excluding carboxylic acids is 1. The fraction of sp³-hybridized carbons (Fsp3) is 0.947. The molecular weight excluding hydrogens is 574 g/mol. The van der Waals surface area contributed by atoms with E-state index in [1.807, 2.05) is 7.05 Å². The van der Waals surface area contributed by atoms with Gasteiger partial charge in [0.2, 0.25) is 0 Å². The van der Waals surface area contributed by atoms with Crippen molar-refractivity contribution in [2.45, 2.75) is 148 Å². The molecule has 7 aliphatic rings. The number of urea groups is 1. The Kier molecular flexibility index (Phi) is 9.23. The summed E-state index contributed by atoms with van der Waals surface area (Å²) in [5.41, 5.74) is 4.00. The van der Waals surface area contributed by atoms with Crippen LogP contribution in [0.2, 0.25) is 0 Å². The molecule has 8 nitrogen and oxygen atoms in total. The molecule has 5 aliphatic carbocycles. The van der Waals surface area contributed by atoms with Crippen molar-refractivity contribution in [1.82, 2.24) is 20.7 Å². The predicted molar refractivity (Wildman–Crippen MR) is 182 cm³/mol. The fourth-order valence-corrected chi connectivity index (χ4v) is 12.9. The molecule has 7 fully saturated rings. The summed E-state index contributed by atoms with van der Waals surface area (Å²) in [7, 11) is 1.84. The van der Waals surface area contributed by atoms with E-state index in [0.717, 1.165) is 56.5 Å². The van der Waals surface area contributed by atoms with Crippen LogP contribution in [-0.4, -0.2) is 73.0 Å². The van der Waals surface area contributed by atoms with E-state index < -0.39 is 0 Å². The Morgan fingerprint density at radius 3 is 2.46 bits per heavy atom. The third kappa shape index (κ3) is 5.62. The smallest absolute Gasteiger partial charge is 0.317 e. The van der Waals surface area contributed by atoms with Gasteiger partial charge in [-0.2, -0.15) is 0 Å². The van der Waals surface area contributed by atoms with Gasteiger partial charge in [-0.15, -0.1) is 0 Å². The van der Waals surface area contributed by atoms with Crippen LogP contribution in [0.3, 0.4) is 0 Å². The largest absolute Gasteiger partial charge is 0.349 e. The zero-order valence-electron chi connectivity index (χ0n) is 29.7. The van der Waals surface area contributed by atoms with E-state index in [9.17, 15) is 4.79 Å². The molecule has 46 heavy (non-hydrogen) atoms. The number of carbonyl (C=O) groups is 1. The van der Waals surface area contributed by atoms with E-state index in [-0.39, 0.29) is 17.9 Å². The Hall–Kier alpha value is -1.38. The molecule has 2 saturated heterocycles. The minimum absolute atomic E-state index is 0.141. The third-order valence-corrected chi connectivity index (χ3v) is 15.4. The van der Waals surface area contributed by atoms with E-state index in [1.54, 1.807) is 5.01 Å². The normalized spacial score (nSPS) is 46.9. The molecule has 0 unspecified atom stereocenters. The van der Waals surface area contributed by atoms with Crippen LogP contribution in [0, 0.1) is 57.7 Å². The number of nitrogens with zero attached hydrogens (tertiary/aromatic N) is 2. The van der Waals surface area contributed by atoms with Gasteiger partial charge in [0.25, 0.3) is 0 Å². The zero-order chi connectivity index (χ0) is 32.3. The molecule has 0 bridgehead atoms. The maximum atomic E-state index is 13.8. The van der Waals surface area contributed by atoms with Crippen molar-refractivity contribution in [2.24, 2.45) is 52.3 Å². The van der Waals surface area contributed by atoms with Crippen molar-refractivity contribution >= 4 is 12.4 Å². The first kappa shape index (κ1) is 33.1. The standard InChI is InChI=1S/C38H65N5O3/c1-25-13-18-38(45-23-25)26(2)34-33(46-38)22-32-30-12-11-27-21-28(14-16-36(27,3)31(30)15-17-37(32,34)4)41-35(44)43(20-19-40-42(5)24-39)29-9-7-6-8-10-29/h24-34,39-40H,6-23H2,1-5H3,(H,41,44)/t25-,26-,27+,28+,30+,31-,32-,33-,34-,36-,37-,38+/m0/s1. The Balaban J connectivity index is 0.987. The van der Waals surface area contributed by atoms with Gasteiger partial charge in [-0.25, -0.2) is 10.2 Å². The lowest BCUT2D eigenvalue weighted by molar-refractivity contribution is -0.273. The van der Waals surface area contributed by atoms with Crippen LogP contribution in [0.15, 0.2) is 0 Å². The second-order valence-electron chi connectivity index (χ2n) is 17.7. The van der Waals surface area contributed by atoms with Gasteiger partial charge in [-0.1, -0.05) is 47.0 Å². The molecule has 5 saturated carbocycles. The molecule has 2 amide bonds. The topological polar surface area (TPSA) is 89.9 Å². The van der Waals surface area contributed by atoms with E-state index in [1.165, 1.54) is 70.5 Å². The van der Waals surface area contributed by atoms with Gasteiger partial charge in [0.05, 0.1) is 19.0 Å². The number of rotatable bonds is 7. The average Bonchev–Trinajstić information content (AvgIpc) is 3.50. The van der Waals surface area contributed by atoms with Crippen LogP contribution in [0.1, 0.15) is 124 Å². The first-order valence-electron chi connectivity index (χ1n) is 19.4. The molecule has 0 aromatic heterocycles. The summed E-state index contributed by atoms with van der Waals surface area (Å²) in [6.07, 6.45) is 20.0. The molecular formula is C38H65N5O3. The van der Waals surface area contributed by atoms with Crippen LogP contribution < -0.4 is 10.7 Å². The van der Waals surface area contributed by atoms with Gasteiger partial charge in [0, 0.05) is 44.6 Å². The van der Waals surface area contributed by atoms with Gasteiger partial charge in [-0.05, 0) is 117 Å². The van der Waals surface area contributed by atoms with E-state index in [4.69, 9.17) is 14.9 Å². The minimum Gasteiger partial charge on any atom is -0.349 e. The summed E-state index contributed by atoms with van der Waals surface area (Å²) in [6.45, 7) is 12.3. The summed E-state index contributed by atoms with van der Waals surface area (Å²) >= 11 is 0. The van der Waals surface area contributed by atoms with Crippen molar-refractivity contribution in [3.05, 3.63) is 0 Å². The van der Waals surface area contributed by atoms with Gasteiger partial charge < -0.3 is 24.7 Å².